The molecule has 0 bridgehead atoms. The standard InChI is InChI=1S/C15H21F2N/c1-11-4-6-15(10-18,7-5-11)9-12-8-13(16)2-3-14(12)17/h2-3,8,11H,4-7,9-10,18H2,1H3. The lowest BCUT2D eigenvalue weighted by Crippen LogP contribution is -2.36. The Morgan fingerprint density at radius 2 is 1.94 bits per heavy atom. The lowest BCUT2D eigenvalue weighted by atomic mass is 9.68. The molecule has 18 heavy (non-hydrogen) atoms. The van der Waals surface area contributed by atoms with Crippen LogP contribution >= 0.6 is 0 Å². The van der Waals surface area contributed by atoms with Gasteiger partial charge in [-0.3, -0.25) is 0 Å². The van der Waals surface area contributed by atoms with Gasteiger partial charge in [-0.05, 0) is 60.9 Å². The van der Waals surface area contributed by atoms with Gasteiger partial charge in [-0.1, -0.05) is 19.8 Å². The molecule has 1 aliphatic carbocycles. The molecule has 0 unspecified atom stereocenters. The number of rotatable bonds is 3. The largest absolute Gasteiger partial charge is 0.330 e. The summed E-state index contributed by atoms with van der Waals surface area (Å²) in [5.74, 6) is 0.0348. The lowest BCUT2D eigenvalue weighted by molar-refractivity contribution is 0.161. The van der Waals surface area contributed by atoms with E-state index in [1.807, 2.05) is 0 Å². The number of hydrogen-bond donors (Lipinski definition) is 1. The first-order valence-corrected chi connectivity index (χ1v) is 6.69. The van der Waals surface area contributed by atoms with Crippen LogP contribution in [0.2, 0.25) is 0 Å². The van der Waals surface area contributed by atoms with Crippen LogP contribution in [0.5, 0.6) is 0 Å². The van der Waals surface area contributed by atoms with Crippen LogP contribution < -0.4 is 5.73 Å². The third-order valence-electron chi connectivity index (χ3n) is 4.34. The Kier molecular flexibility index (Phi) is 4.00. The predicted molar refractivity (Wildman–Crippen MR) is 69.2 cm³/mol. The first-order chi connectivity index (χ1) is 8.54. The van der Waals surface area contributed by atoms with Crippen LogP contribution in [-0.2, 0) is 6.42 Å². The van der Waals surface area contributed by atoms with Gasteiger partial charge in [-0.15, -0.1) is 0 Å². The van der Waals surface area contributed by atoms with E-state index >= 15 is 0 Å². The molecule has 1 aliphatic rings. The highest BCUT2D eigenvalue weighted by atomic mass is 19.1. The van der Waals surface area contributed by atoms with Crippen LogP contribution in [0.15, 0.2) is 18.2 Å². The van der Waals surface area contributed by atoms with Crippen molar-refractivity contribution in [1.82, 2.24) is 0 Å². The number of halogens is 2. The van der Waals surface area contributed by atoms with E-state index in [2.05, 4.69) is 6.92 Å². The van der Waals surface area contributed by atoms with Crippen molar-refractivity contribution < 1.29 is 8.78 Å². The second kappa shape index (κ2) is 5.35. The summed E-state index contributed by atoms with van der Waals surface area (Å²) < 4.78 is 26.9. The summed E-state index contributed by atoms with van der Waals surface area (Å²) in [5.41, 5.74) is 6.33. The van der Waals surface area contributed by atoms with E-state index in [-0.39, 0.29) is 17.0 Å². The van der Waals surface area contributed by atoms with Crippen molar-refractivity contribution in [2.45, 2.75) is 39.0 Å². The quantitative estimate of drug-likeness (QED) is 0.874. The maximum absolute atomic E-state index is 13.7. The van der Waals surface area contributed by atoms with Crippen LogP contribution in [-0.4, -0.2) is 6.54 Å². The Labute approximate surface area is 107 Å². The first kappa shape index (κ1) is 13.5. The highest BCUT2D eigenvalue weighted by Gasteiger charge is 2.33. The minimum Gasteiger partial charge on any atom is -0.330 e. The molecular formula is C15H21F2N. The van der Waals surface area contributed by atoms with E-state index in [1.165, 1.54) is 12.1 Å². The molecule has 1 fully saturated rings. The van der Waals surface area contributed by atoms with E-state index in [4.69, 9.17) is 5.73 Å². The van der Waals surface area contributed by atoms with Gasteiger partial charge in [-0.2, -0.15) is 0 Å². The monoisotopic (exact) mass is 253 g/mol. The van der Waals surface area contributed by atoms with Gasteiger partial charge in [0, 0.05) is 0 Å². The van der Waals surface area contributed by atoms with Gasteiger partial charge in [0.1, 0.15) is 11.6 Å². The summed E-state index contributed by atoms with van der Waals surface area (Å²) in [7, 11) is 0. The highest BCUT2D eigenvalue weighted by molar-refractivity contribution is 5.20. The van der Waals surface area contributed by atoms with Crippen LogP contribution in [0.3, 0.4) is 0 Å². The maximum Gasteiger partial charge on any atom is 0.126 e. The van der Waals surface area contributed by atoms with Gasteiger partial charge >= 0.3 is 0 Å². The van der Waals surface area contributed by atoms with Crippen LogP contribution in [0.1, 0.15) is 38.2 Å². The van der Waals surface area contributed by atoms with Crippen LogP contribution in [0.4, 0.5) is 8.78 Å². The minimum absolute atomic E-state index is 0.0405. The predicted octanol–water partition coefficient (Wildman–Crippen LogP) is 3.66. The Bertz CT molecular complexity index is 409. The zero-order valence-corrected chi connectivity index (χ0v) is 10.9. The number of hydrogen-bond acceptors (Lipinski definition) is 1. The summed E-state index contributed by atoms with van der Waals surface area (Å²) in [6.45, 7) is 2.79. The van der Waals surface area contributed by atoms with Gasteiger partial charge in [0.05, 0.1) is 0 Å². The van der Waals surface area contributed by atoms with E-state index in [0.29, 0.717) is 18.5 Å². The summed E-state index contributed by atoms with van der Waals surface area (Å²) in [5, 5.41) is 0. The number of nitrogens with two attached hydrogens (primary N) is 1. The fourth-order valence-corrected chi connectivity index (χ4v) is 2.91. The normalized spacial score (nSPS) is 28.3. The molecule has 2 N–H and O–H groups in total. The summed E-state index contributed by atoms with van der Waals surface area (Å²) in [4.78, 5) is 0. The van der Waals surface area contributed by atoms with E-state index in [0.717, 1.165) is 37.7 Å². The summed E-state index contributed by atoms with van der Waals surface area (Å²) in [6.07, 6.45) is 4.85. The molecule has 1 nitrogen and oxygen atoms in total. The van der Waals surface area contributed by atoms with E-state index < -0.39 is 0 Å². The molecule has 0 radical (unpaired) electrons. The molecule has 1 aromatic carbocycles. The van der Waals surface area contributed by atoms with E-state index in [9.17, 15) is 8.78 Å². The fourth-order valence-electron chi connectivity index (χ4n) is 2.91. The molecule has 0 atom stereocenters. The zero-order chi connectivity index (χ0) is 13.2. The Balaban J connectivity index is 2.17. The van der Waals surface area contributed by atoms with Gasteiger partial charge < -0.3 is 5.73 Å². The first-order valence-electron chi connectivity index (χ1n) is 6.69. The molecule has 0 aliphatic heterocycles. The Morgan fingerprint density at radius 1 is 1.28 bits per heavy atom. The Morgan fingerprint density at radius 3 is 2.56 bits per heavy atom. The molecule has 0 heterocycles. The van der Waals surface area contributed by atoms with Gasteiger partial charge in [-0.25, -0.2) is 8.78 Å². The SMILES string of the molecule is CC1CCC(CN)(Cc2cc(F)ccc2F)CC1. The Hall–Kier alpha value is -0.960. The topological polar surface area (TPSA) is 26.0 Å². The molecule has 0 amide bonds. The average molecular weight is 253 g/mol. The second-order valence-electron chi connectivity index (χ2n) is 5.80. The third kappa shape index (κ3) is 2.89. The highest BCUT2D eigenvalue weighted by Crippen LogP contribution is 2.41. The van der Waals surface area contributed by atoms with Crippen molar-refractivity contribution in [3.05, 3.63) is 35.4 Å². The smallest absolute Gasteiger partial charge is 0.126 e. The van der Waals surface area contributed by atoms with Crippen molar-refractivity contribution >= 4 is 0 Å². The summed E-state index contributed by atoms with van der Waals surface area (Å²) >= 11 is 0. The second-order valence-corrected chi connectivity index (χ2v) is 5.80. The van der Waals surface area contributed by atoms with Crippen molar-refractivity contribution in [3.8, 4) is 0 Å². The maximum atomic E-state index is 13.7. The lowest BCUT2D eigenvalue weighted by Gasteiger charge is -2.39. The molecule has 2 rings (SSSR count). The molecule has 3 heteroatoms. The molecule has 1 aromatic rings. The molecular weight excluding hydrogens is 232 g/mol. The van der Waals surface area contributed by atoms with Crippen LogP contribution in [0.25, 0.3) is 0 Å². The van der Waals surface area contributed by atoms with Crippen LogP contribution in [0, 0.1) is 23.0 Å². The van der Waals surface area contributed by atoms with Crippen molar-refractivity contribution in [3.63, 3.8) is 0 Å². The van der Waals surface area contributed by atoms with Gasteiger partial charge in [0.2, 0.25) is 0 Å². The number of benzene rings is 1. The molecule has 1 saturated carbocycles. The van der Waals surface area contributed by atoms with Crippen molar-refractivity contribution in [2.75, 3.05) is 6.54 Å². The molecule has 0 aromatic heterocycles. The zero-order valence-electron chi connectivity index (χ0n) is 10.9. The molecule has 0 spiro atoms. The van der Waals surface area contributed by atoms with E-state index in [1.54, 1.807) is 0 Å². The van der Waals surface area contributed by atoms with Crippen molar-refractivity contribution in [1.29, 1.82) is 0 Å². The molecule has 100 valence electrons. The fraction of sp³-hybridized carbons (Fsp3) is 0.600. The van der Waals surface area contributed by atoms with Gasteiger partial charge in [0.15, 0.2) is 0 Å². The van der Waals surface area contributed by atoms with Gasteiger partial charge in [0.25, 0.3) is 0 Å². The minimum atomic E-state index is -0.372. The molecule has 0 saturated heterocycles. The van der Waals surface area contributed by atoms with Crippen molar-refractivity contribution in [2.24, 2.45) is 17.1 Å². The average Bonchev–Trinajstić information content (AvgIpc) is 2.37. The third-order valence-corrected chi connectivity index (χ3v) is 4.34. The summed E-state index contributed by atoms with van der Waals surface area (Å²) in [6, 6.07) is 3.68.